The van der Waals surface area contributed by atoms with E-state index in [-0.39, 0.29) is 0 Å². The first-order valence-corrected chi connectivity index (χ1v) is 8.34. The first-order valence-electron chi connectivity index (χ1n) is 7.36. The third-order valence-corrected chi connectivity index (χ3v) is 4.75. The molecule has 0 bridgehead atoms. The minimum Gasteiger partial charge on any atom is -0.314 e. The van der Waals surface area contributed by atoms with Crippen molar-refractivity contribution in [2.24, 2.45) is 5.92 Å². The van der Waals surface area contributed by atoms with E-state index in [9.17, 15) is 0 Å². The maximum atomic E-state index is 4.81. The molecule has 21 heavy (non-hydrogen) atoms. The predicted molar refractivity (Wildman–Crippen MR) is 90.8 cm³/mol. The van der Waals surface area contributed by atoms with Gasteiger partial charge in [-0.05, 0) is 23.6 Å². The molecule has 0 saturated heterocycles. The van der Waals surface area contributed by atoms with Crippen LogP contribution in [0.15, 0.2) is 59.8 Å². The fourth-order valence-electron chi connectivity index (χ4n) is 2.32. The Morgan fingerprint density at radius 3 is 2.48 bits per heavy atom. The number of hydrogen-bond donors (Lipinski definition) is 0. The summed E-state index contributed by atoms with van der Waals surface area (Å²) in [4.78, 5) is 4.81. The van der Waals surface area contributed by atoms with Crippen LogP contribution in [-0.4, -0.2) is 15.3 Å². The van der Waals surface area contributed by atoms with E-state index >= 15 is 0 Å². The minimum absolute atomic E-state index is 0.667. The van der Waals surface area contributed by atoms with E-state index in [2.05, 4.69) is 73.0 Å². The molecule has 0 radical (unpaired) electrons. The van der Waals surface area contributed by atoms with Crippen molar-refractivity contribution in [3.63, 3.8) is 0 Å². The van der Waals surface area contributed by atoms with E-state index < -0.39 is 0 Å². The maximum Gasteiger partial charge on any atom is 0.169 e. The van der Waals surface area contributed by atoms with Crippen molar-refractivity contribution >= 4 is 22.8 Å². The lowest BCUT2D eigenvalue weighted by Gasteiger charge is -2.10. The lowest BCUT2D eigenvalue weighted by atomic mass is 10.2. The van der Waals surface area contributed by atoms with Gasteiger partial charge in [0, 0.05) is 5.75 Å². The first-order chi connectivity index (χ1) is 10.2. The smallest absolute Gasteiger partial charge is 0.169 e. The summed E-state index contributed by atoms with van der Waals surface area (Å²) in [6.07, 6.45) is 0. The van der Waals surface area contributed by atoms with Crippen molar-refractivity contribution in [3.05, 3.63) is 60.2 Å². The topological polar surface area (TPSA) is 17.8 Å². The lowest BCUT2D eigenvalue weighted by Crippen LogP contribution is -2.02. The molecule has 0 aliphatic rings. The summed E-state index contributed by atoms with van der Waals surface area (Å²) in [5.41, 5.74) is 3.61. The van der Waals surface area contributed by atoms with Crippen LogP contribution in [0.25, 0.3) is 11.0 Å². The van der Waals surface area contributed by atoms with Gasteiger partial charge in [0.2, 0.25) is 0 Å². The number of thioether (sulfide) groups is 1. The van der Waals surface area contributed by atoms with Crippen molar-refractivity contribution in [1.82, 2.24) is 9.55 Å². The average Bonchev–Trinajstić information content (AvgIpc) is 2.84. The van der Waals surface area contributed by atoms with Gasteiger partial charge in [-0.3, -0.25) is 0 Å². The van der Waals surface area contributed by atoms with Gasteiger partial charge in [-0.25, -0.2) is 4.98 Å². The Morgan fingerprint density at radius 1 is 1.00 bits per heavy atom. The Labute approximate surface area is 130 Å². The van der Waals surface area contributed by atoms with Crippen molar-refractivity contribution in [2.45, 2.75) is 25.5 Å². The molecule has 0 spiro atoms. The largest absolute Gasteiger partial charge is 0.314 e. The fourth-order valence-corrected chi connectivity index (χ4v) is 3.29. The van der Waals surface area contributed by atoms with Crippen LogP contribution in [-0.2, 0) is 6.54 Å². The van der Waals surface area contributed by atoms with Gasteiger partial charge in [0.05, 0.1) is 17.6 Å². The molecule has 2 nitrogen and oxygen atoms in total. The van der Waals surface area contributed by atoms with Gasteiger partial charge in [-0.2, -0.15) is 0 Å². The number of fused-ring (bicyclic) bond motifs is 1. The molecule has 0 unspecified atom stereocenters. The molecular formula is C18H20N2S. The number of rotatable bonds is 5. The van der Waals surface area contributed by atoms with Gasteiger partial charge in [0.15, 0.2) is 5.16 Å². The van der Waals surface area contributed by atoms with E-state index in [4.69, 9.17) is 4.98 Å². The Kier molecular flexibility index (Phi) is 4.30. The molecule has 3 rings (SSSR count). The minimum atomic E-state index is 0.667. The second kappa shape index (κ2) is 6.35. The molecule has 0 fully saturated rings. The SMILES string of the molecule is CC(C)CSc1nc2ccccc2n1Cc1ccccc1. The van der Waals surface area contributed by atoms with Crippen LogP contribution in [0.5, 0.6) is 0 Å². The molecule has 0 amide bonds. The molecule has 2 aromatic carbocycles. The Morgan fingerprint density at radius 2 is 1.71 bits per heavy atom. The summed E-state index contributed by atoms with van der Waals surface area (Å²) in [7, 11) is 0. The van der Waals surface area contributed by atoms with Gasteiger partial charge in [-0.1, -0.05) is 68.1 Å². The van der Waals surface area contributed by atoms with E-state index in [1.54, 1.807) is 0 Å². The predicted octanol–water partition coefficient (Wildman–Crippen LogP) is 4.83. The summed E-state index contributed by atoms with van der Waals surface area (Å²) in [6, 6.07) is 19.0. The molecule has 1 aromatic heterocycles. The second-order valence-electron chi connectivity index (χ2n) is 5.66. The molecule has 108 valence electrons. The molecule has 0 aliphatic heterocycles. The Hall–Kier alpha value is -1.74. The number of aromatic nitrogens is 2. The van der Waals surface area contributed by atoms with E-state index in [1.807, 2.05) is 11.8 Å². The van der Waals surface area contributed by atoms with Crippen molar-refractivity contribution in [3.8, 4) is 0 Å². The lowest BCUT2D eigenvalue weighted by molar-refractivity contribution is 0.717. The van der Waals surface area contributed by atoms with Crippen LogP contribution in [0.1, 0.15) is 19.4 Å². The quantitative estimate of drug-likeness (QED) is 0.627. The van der Waals surface area contributed by atoms with Gasteiger partial charge in [0.25, 0.3) is 0 Å². The normalized spacial score (nSPS) is 11.4. The second-order valence-corrected chi connectivity index (χ2v) is 6.65. The molecule has 0 saturated carbocycles. The summed E-state index contributed by atoms with van der Waals surface area (Å²) in [6.45, 7) is 5.37. The monoisotopic (exact) mass is 296 g/mol. The third kappa shape index (κ3) is 3.30. The summed E-state index contributed by atoms with van der Waals surface area (Å²) >= 11 is 1.85. The van der Waals surface area contributed by atoms with Crippen LogP contribution >= 0.6 is 11.8 Å². The van der Waals surface area contributed by atoms with Gasteiger partial charge in [-0.15, -0.1) is 0 Å². The van der Waals surface area contributed by atoms with Gasteiger partial charge in [0.1, 0.15) is 0 Å². The highest BCUT2D eigenvalue weighted by molar-refractivity contribution is 7.99. The zero-order chi connectivity index (χ0) is 14.7. The highest BCUT2D eigenvalue weighted by atomic mass is 32.2. The average molecular weight is 296 g/mol. The first kappa shape index (κ1) is 14.2. The van der Waals surface area contributed by atoms with Crippen LogP contribution < -0.4 is 0 Å². The molecule has 0 aliphatic carbocycles. The standard InChI is InChI=1S/C18H20N2S/c1-14(2)13-21-18-19-16-10-6-7-11-17(16)20(18)12-15-8-4-3-5-9-15/h3-11,14H,12-13H2,1-2H3. The number of para-hydroxylation sites is 2. The van der Waals surface area contributed by atoms with E-state index in [0.717, 1.165) is 23.0 Å². The third-order valence-electron chi connectivity index (χ3n) is 3.35. The number of imidazole rings is 1. The zero-order valence-corrected chi connectivity index (χ0v) is 13.3. The highest BCUT2D eigenvalue weighted by Crippen LogP contribution is 2.26. The number of hydrogen-bond acceptors (Lipinski definition) is 2. The molecule has 1 heterocycles. The number of benzene rings is 2. The molecular weight excluding hydrogens is 276 g/mol. The van der Waals surface area contributed by atoms with Crippen molar-refractivity contribution in [1.29, 1.82) is 0 Å². The maximum absolute atomic E-state index is 4.81. The van der Waals surface area contributed by atoms with E-state index in [0.29, 0.717) is 5.92 Å². The Bertz CT molecular complexity index is 716. The van der Waals surface area contributed by atoms with Crippen LogP contribution in [0, 0.1) is 5.92 Å². The molecule has 0 atom stereocenters. The van der Waals surface area contributed by atoms with Gasteiger partial charge < -0.3 is 4.57 Å². The van der Waals surface area contributed by atoms with Crippen molar-refractivity contribution < 1.29 is 0 Å². The van der Waals surface area contributed by atoms with Crippen LogP contribution in [0.2, 0.25) is 0 Å². The summed E-state index contributed by atoms with van der Waals surface area (Å²) in [5, 5.41) is 1.12. The van der Waals surface area contributed by atoms with Crippen LogP contribution in [0.4, 0.5) is 0 Å². The van der Waals surface area contributed by atoms with Crippen LogP contribution in [0.3, 0.4) is 0 Å². The summed E-state index contributed by atoms with van der Waals surface area (Å²) in [5.74, 6) is 1.76. The van der Waals surface area contributed by atoms with Crippen molar-refractivity contribution in [2.75, 3.05) is 5.75 Å². The highest BCUT2D eigenvalue weighted by Gasteiger charge is 2.11. The van der Waals surface area contributed by atoms with E-state index in [1.165, 1.54) is 11.1 Å². The summed E-state index contributed by atoms with van der Waals surface area (Å²) < 4.78 is 2.33. The molecule has 3 heteroatoms. The number of nitrogens with zero attached hydrogens (tertiary/aromatic N) is 2. The fraction of sp³-hybridized carbons (Fsp3) is 0.278. The Balaban J connectivity index is 1.99. The molecule has 3 aromatic rings. The zero-order valence-electron chi connectivity index (χ0n) is 12.5. The van der Waals surface area contributed by atoms with Gasteiger partial charge >= 0.3 is 0 Å². The molecule has 0 N–H and O–H groups in total.